The summed E-state index contributed by atoms with van der Waals surface area (Å²) in [6, 6.07) is 8.85. The molecule has 8 heteroatoms. The normalized spacial score (nSPS) is 14.8. The first-order chi connectivity index (χ1) is 13.6. The molecule has 1 aliphatic rings. The highest BCUT2D eigenvalue weighted by atomic mass is 32.1. The summed E-state index contributed by atoms with van der Waals surface area (Å²) in [6.07, 6.45) is 3.57. The predicted molar refractivity (Wildman–Crippen MR) is 107 cm³/mol. The molecular formula is C20H20N4O3S. The molecule has 0 saturated carbocycles. The fourth-order valence-corrected chi connectivity index (χ4v) is 4.23. The van der Waals surface area contributed by atoms with E-state index < -0.39 is 5.69 Å². The summed E-state index contributed by atoms with van der Waals surface area (Å²) >= 11 is 1.66. The molecule has 1 saturated heterocycles. The van der Waals surface area contributed by atoms with Gasteiger partial charge < -0.3 is 14.6 Å². The maximum Gasteiger partial charge on any atom is 0.346 e. The zero-order valence-corrected chi connectivity index (χ0v) is 16.2. The molecule has 1 aromatic carbocycles. The molecule has 0 radical (unpaired) electrons. The SMILES string of the molecule is COc1ccc(-c2cc(C(=O)N3CCC(c4nccs4)CC3)[nH]c(=O)n2)cc1. The summed E-state index contributed by atoms with van der Waals surface area (Å²) in [6.45, 7) is 1.29. The molecule has 1 N–H and O–H groups in total. The second-order valence-electron chi connectivity index (χ2n) is 6.65. The average Bonchev–Trinajstić information content (AvgIpc) is 3.28. The van der Waals surface area contributed by atoms with Crippen LogP contribution in [-0.2, 0) is 0 Å². The van der Waals surface area contributed by atoms with Crippen molar-refractivity contribution in [2.45, 2.75) is 18.8 Å². The van der Waals surface area contributed by atoms with Crippen molar-refractivity contribution in [1.82, 2.24) is 19.9 Å². The van der Waals surface area contributed by atoms with Gasteiger partial charge in [-0.25, -0.2) is 9.78 Å². The lowest BCUT2D eigenvalue weighted by molar-refractivity contribution is 0.0706. The number of hydrogen-bond acceptors (Lipinski definition) is 6. The first kappa shape index (κ1) is 18.4. The third-order valence-electron chi connectivity index (χ3n) is 4.94. The molecule has 2 aromatic heterocycles. The zero-order valence-electron chi connectivity index (χ0n) is 15.4. The van der Waals surface area contributed by atoms with Crippen molar-refractivity contribution in [3.05, 3.63) is 63.1 Å². The number of likely N-dealkylation sites (tertiary alicyclic amines) is 1. The van der Waals surface area contributed by atoms with Crippen molar-refractivity contribution in [3.8, 4) is 17.0 Å². The van der Waals surface area contributed by atoms with Crippen LogP contribution in [-0.4, -0.2) is 46.0 Å². The highest BCUT2D eigenvalue weighted by Crippen LogP contribution is 2.30. The van der Waals surface area contributed by atoms with Crippen LogP contribution in [0.15, 0.2) is 46.7 Å². The van der Waals surface area contributed by atoms with Crippen LogP contribution in [0.2, 0.25) is 0 Å². The lowest BCUT2D eigenvalue weighted by Gasteiger charge is -2.31. The van der Waals surface area contributed by atoms with Gasteiger partial charge in [-0.15, -0.1) is 11.3 Å². The van der Waals surface area contributed by atoms with E-state index in [-0.39, 0.29) is 11.6 Å². The van der Waals surface area contributed by atoms with Crippen LogP contribution in [0.3, 0.4) is 0 Å². The summed E-state index contributed by atoms with van der Waals surface area (Å²) in [4.78, 5) is 37.7. The Kier molecular flexibility index (Phi) is 5.21. The fraction of sp³-hybridized carbons (Fsp3) is 0.300. The molecule has 28 heavy (non-hydrogen) atoms. The van der Waals surface area contributed by atoms with Gasteiger partial charge in [-0.3, -0.25) is 4.79 Å². The van der Waals surface area contributed by atoms with Crippen LogP contribution >= 0.6 is 11.3 Å². The van der Waals surface area contributed by atoms with Gasteiger partial charge in [0.25, 0.3) is 5.91 Å². The Balaban J connectivity index is 1.51. The van der Waals surface area contributed by atoms with Gasteiger partial charge in [0.05, 0.1) is 17.8 Å². The van der Waals surface area contributed by atoms with Gasteiger partial charge >= 0.3 is 5.69 Å². The Morgan fingerprint density at radius 2 is 2.00 bits per heavy atom. The molecular weight excluding hydrogens is 376 g/mol. The van der Waals surface area contributed by atoms with E-state index in [1.807, 2.05) is 23.7 Å². The number of carbonyl (C=O) groups excluding carboxylic acids is 1. The second kappa shape index (κ2) is 7.93. The van der Waals surface area contributed by atoms with Gasteiger partial charge in [0.2, 0.25) is 0 Å². The maximum absolute atomic E-state index is 12.9. The third kappa shape index (κ3) is 3.82. The van der Waals surface area contributed by atoms with E-state index in [4.69, 9.17) is 4.74 Å². The number of aromatic nitrogens is 3. The molecule has 3 aromatic rings. The summed E-state index contributed by atoms with van der Waals surface area (Å²) in [7, 11) is 1.59. The first-order valence-electron chi connectivity index (χ1n) is 9.08. The van der Waals surface area contributed by atoms with E-state index in [0.29, 0.717) is 30.5 Å². The van der Waals surface area contributed by atoms with Crippen LogP contribution in [0.5, 0.6) is 5.75 Å². The standard InChI is InChI=1S/C20H20N4O3S/c1-27-15-4-2-13(3-5-15)16-12-17(23-20(26)22-16)19(25)24-9-6-14(7-10-24)18-21-8-11-28-18/h2-5,8,11-12,14H,6-7,9-10H2,1H3,(H,22,23,26). The molecule has 144 valence electrons. The average molecular weight is 396 g/mol. The Bertz CT molecular complexity index is 1010. The minimum Gasteiger partial charge on any atom is -0.497 e. The van der Waals surface area contributed by atoms with E-state index in [1.54, 1.807) is 41.5 Å². The topological polar surface area (TPSA) is 88.2 Å². The number of H-pyrrole nitrogens is 1. The number of piperidine rings is 1. The van der Waals surface area contributed by atoms with Gasteiger partial charge in [0.1, 0.15) is 11.4 Å². The lowest BCUT2D eigenvalue weighted by atomic mass is 9.97. The van der Waals surface area contributed by atoms with Gasteiger partial charge in [-0.2, -0.15) is 4.98 Å². The van der Waals surface area contributed by atoms with Gasteiger partial charge in [-0.05, 0) is 43.2 Å². The minimum absolute atomic E-state index is 0.174. The quantitative estimate of drug-likeness (QED) is 0.733. The van der Waals surface area contributed by atoms with Crippen LogP contribution in [0.1, 0.15) is 34.3 Å². The molecule has 1 amide bonds. The van der Waals surface area contributed by atoms with Crippen LogP contribution in [0.25, 0.3) is 11.3 Å². The number of hydrogen-bond donors (Lipinski definition) is 1. The maximum atomic E-state index is 12.9. The second-order valence-corrected chi connectivity index (χ2v) is 7.58. The highest BCUT2D eigenvalue weighted by Gasteiger charge is 2.26. The molecule has 0 spiro atoms. The van der Waals surface area contributed by atoms with Gasteiger partial charge in [-0.1, -0.05) is 0 Å². The number of rotatable bonds is 4. The van der Waals surface area contributed by atoms with Crippen molar-refractivity contribution < 1.29 is 9.53 Å². The van der Waals surface area contributed by atoms with E-state index >= 15 is 0 Å². The Morgan fingerprint density at radius 3 is 2.64 bits per heavy atom. The van der Waals surface area contributed by atoms with Gasteiger partial charge in [0, 0.05) is 36.1 Å². The van der Waals surface area contributed by atoms with Crippen molar-refractivity contribution in [2.75, 3.05) is 20.2 Å². The smallest absolute Gasteiger partial charge is 0.346 e. The number of ether oxygens (including phenoxy) is 1. The molecule has 7 nitrogen and oxygen atoms in total. The molecule has 0 aliphatic carbocycles. The lowest BCUT2D eigenvalue weighted by Crippen LogP contribution is -2.39. The van der Waals surface area contributed by atoms with Crippen molar-refractivity contribution in [3.63, 3.8) is 0 Å². The molecule has 4 rings (SSSR count). The Hall–Kier alpha value is -3.00. The van der Waals surface area contributed by atoms with Crippen LogP contribution < -0.4 is 10.4 Å². The number of thiazole rings is 1. The molecule has 0 bridgehead atoms. The fourth-order valence-electron chi connectivity index (χ4n) is 3.42. The van der Waals surface area contributed by atoms with E-state index in [1.165, 1.54) is 0 Å². The third-order valence-corrected chi connectivity index (χ3v) is 5.88. The Morgan fingerprint density at radius 1 is 1.25 bits per heavy atom. The molecule has 0 unspecified atom stereocenters. The number of nitrogens with zero attached hydrogens (tertiary/aromatic N) is 3. The number of amides is 1. The van der Waals surface area contributed by atoms with E-state index in [2.05, 4.69) is 15.0 Å². The summed E-state index contributed by atoms with van der Waals surface area (Å²) in [5.41, 5.74) is 0.948. The van der Waals surface area contributed by atoms with Crippen molar-refractivity contribution in [2.24, 2.45) is 0 Å². The highest BCUT2D eigenvalue weighted by molar-refractivity contribution is 7.09. The monoisotopic (exact) mass is 396 g/mol. The molecule has 0 atom stereocenters. The number of benzene rings is 1. The van der Waals surface area contributed by atoms with E-state index in [0.717, 1.165) is 23.4 Å². The molecule has 1 fully saturated rings. The minimum atomic E-state index is -0.533. The largest absolute Gasteiger partial charge is 0.497 e. The summed E-state index contributed by atoms with van der Waals surface area (Å²) in [5, 5.41) is 3.11. The predicted octanol–water partition coefficient (Wildman–Crippen LogP) is 2.92. The van der Waals surface area contributed by atoms with Crippen LogP contribution in [0, 0.1) is 0 Å². The number of aromatic amines is 1. The number of methoxy groups -OCH3 is 1. The Labute approximate surface area is 166 Å². The zero-order chi connectivity index (χ0) is 19.5. The van der Waals surface area contributed by atoms with Gasteiger partial charge in [0.15, 0.2) is 0 Å². The summed E-state index contributed by atoms with van der Waals surface area (Å²) < 4.78 is 5.15. The van der Waals surface area contributed by atoms with Crippen molar-refractivity contribution >= 4 is 17.2 Å². The van der Waals surface area contributed by atoms with E-state index in [9.17, 15) is 9.59 Å². The first-order valence-corrected chi connectivity index (χ1v) is 9.96. The molecule has 3 heterocycles. The number of nitrogens with one attached hydrogen (secondary N) is 1. The van der Waals surface area contributed by atoms with Crippen LogP contribution in [0.4, 0.5) is 0 Å². The molecule has 1 aliphatic heterocycles. The van der Waals surface area contributed by atoms with Crippen molar-refractivity contribution in [1.29, 1.82) is 0 Å². The summed E-state index contributed by atoms with van der Waals surface area (Å²) in [5.74, 6) is 0.940. The number of carbonyl (C=O) groups is 1.